The van der Waals surface area contributed by atoms with Crippen LogP contribution in [0.1, 0.15) is 38.2 Å². The first-order valence-electron chi connectivity index (χ1n) is 7.74. The van der Waals surface area contributed by atoms with Crippen molar-refractivity contribution < 1.29 is 0 Å². The largest absolute Gasteiger partial charge is 0.363 e. The van der Waals surface area contributed by atoms with E-state index in [4.69, 9.17) is 0 Å². The van der Waals surface area contributed by atoms with Gasteiger partial charge >= 0.3 is 0 Å². The zero-order chi connectivity index (χ0) is 15.5. The van der Waals surface area contributed by atoms with Gasteiger partial charge in [0.1, 0.15) is 5.82 Å². The Morgan fingerprint density at radius 1 is 1.23 bits per heavy atom. The van der Waals surface area contributed by atoms with Crippen LogP contribution in [0.3, 0.4) is 0 Å². The van der Waals surface area contributed by atoms with Gasteiger partial charge < -0.3 is 15.5 Å². The maximum absolute atomic E-state index is 4.32. The Bertz CT molecular complexity index is 434. The average molecular weight is 419 g/mol. The fourth-order valence-electron chi connectivity index (χ4n) is 1.98. The predicted octanol–water partition coefficient (Wildman–Crippen LogP) is 3.01. The molecule has 1 aromatic heterocycles. The fraction of sp³-hybridized carbons (Fsp3) is 0.625. The van der Waals surface area contributed by atoms with E-state index in [-0.39, 0.29) is 24.0 Å². The van der Waals surface area contributed by atoms with E-state index in [1.165, 1.54) is 31.2 Å². The van der Waals surface area contributed by atoms with Crippen LogP contribution < -0.4 is 15.5 Å². The number of halogens is 1. The van der Waals surface area contributed by atoms with Crippen LogP contribution in [-0.4, -0.2) is 38.6 Å². The molecule has 2 N–H and O–H groups in total. The van der Waals surface area contributed by atoms with Gasteiger partial charge in [0.15, 0.2) is 5.96 Å². The van der Waals surface area contributed by atoms with Gasteiger partial charge in [-0.25, -0.2) is 4.98 Å². The van der Waals surface area contributed by atoms with Gasteiger partial charge in [0.05, 0.1) is 0 Å². The molecule has 0 aliphatic rings. The molecule has 0 aromatic carbocycles. The van der Waals surface area contributed by atoms with Crippen molar-refractivity contribution in [2.45, 2.75) is 39.2 Å². The normalized spacial score (nSPS) is 10.8. The molecule has 6 heteroatoms. The summed E-state index contributed by atoms with van der Waals surface area (Å²) in [7, 11) is 5.80. The number of anilines is 1. The SMILES string of the molecule is CCCCCCNC(=NC)NCc1ccnc(N(C)C)c1.I. The summed E-state index contributed by atoms with van der Waals surface area (Å²) in [6.07, 6.45) is 6.88. The van der Waals surface area contributed by atoms with E-state index in [0.717, 1.165) is 24.9 Å². The van der Waals surface area contributed by atoms with Crippen molar-refractivity contribution in [3.05, 3.63) is 23.9 Å². The lowest BCUT2D eigenvalue weighted by Gasteiger charge is -2.14. The van der Waals surface area contributed by atoms with Crippen LogP contribution in [0.5, 0.6) is 0 Å². The molecule has 126 valence electrons. The van der Waals surface area contributed by atoms with Crippen molar-refractivity contribution in [2.24, 2.45) is 4.99 Å². The molecule has 5 nitrogen and oxygen atoms in total. The van der Waals surface area contributed by atoms with Crippen LogP contribution in [0.2, 0.25) is 0 Å². The highest BCUT2D eigenvalue weighted by Crippen LogP contribution is 2.09. The van der Waals surface area contributed by atoms with Crippen LogP contribution in [0.4, 0.5) is 5.82 Å². The summed E-state index contributed by atoms with van der Waals surface area (Å²) in [5, 5.41) is 6.68. The Hall–Kier alpha value is -1.05. The molecule has 0 atom stereocenters. The molecule has 0 bridgehead atoms. The van der Waals surface area contributed by atoms with Crippen LogP contribution in [0.25, 0.3) is 0 Å². The number of hydrogen-bond acceptors (Lipinski definition) is 3. The molecule has 0 saturated carbocycles. The molecule has 0 radical (unpaired) electrons. The number of hydrogen-bond donors (Lipinski definition) is 2. The van der Waals surface area contributed by atoms with E-state index in [9.17, 15) is 0 Å². The summed E-state index contributed by atoms with van der Waals surface area (Å²) in [5.74, 6) is 1.83. The standard InChI is InChI=1S/C16H29N5.HI/c1-5-6-7-8-10-19-16(17-2)20-13-14-9-11-18-15(12-14)21(3)4;/h9,11-12H,5-8,10,13H2,1-4H3,(H2,17,19,20);1H. The number of nitrogens with zero attached hydrogens (tertiary/aromatic N) is 3. The molecular weight excluding hydrogens is 389 g/mol. The van der Waals surface area contributed by atoms with Gasteiger partial charge in [0, 0.05) is 40.4 Å². The zero-order valence-electron chi connectivity index (χ0n) is 14.2. The third-order valence-corrected chi connectivity index (χ3v) is 3.27. The summed E-state index contributed by atoms with van der Waals surface area (Å²) in [6.45, 7) is 3.95. The van der Waals surface area contributed by atoms with E-state index in [1.807, 2.05) is 31.3 Å². The van der Waals surface area contributed by atoms with Crippen molar-refractivity contribution in [3.8, 4) is 0 Å². The summed E-state index contributed by atoms with van der Waals surface area (Å²) in [6, 6.07) is 4.11. The minimum absolute atomic E-state index is 0. The Kier molecular flexibility index (Phi) is 11.9. The maximum Gasteiger partial charge on any atom is 0.191 e. The Morgan fingerprint density at radius 3 is 2.64 bits per heavy atom. The van der Waals surface area contributed by atoms with Gasteiger partial charge in [-0.05, 0) is 24.1 Å². The summed E-state index contributed by atoms with van der Waals surface area (Å²) >= 11 is 0. The first kappa shape index (κ1) is 20.9. The molecule has 0 amide bonds. The minimum Gasteiger partial charge on any atom is -0.363 e. The smallest absolute Gasteiger partial charge is 0.191 e. The van der Waals surface area contributed by atoms with Gasteiger partial charge in [-0.1, -0.05) is 26.2 Å². The highest BCUT2D eigenvalue weighted by molar-refractivity contribution is 14.0. The first-order chi connectivity index (χ1) is 10.2. The van der Waals surface area contributed by atoms with Crippen LogP contribution in [0, 0.1) is 0 Å². The highest BCUT2D eigenvalue weighted by atomic mass is 127. The zero-order valence-corrected chi connectivity index (χ0v) is 16.6. The molecule has 1 heterocycles. The molecule has 1 aromatic rings. The predicted molar refractivity (Wildman–Crippen MR) is 106 cm³/mol. The van der Waals surface area contributed by atoms with Crippen LogP contribution in [-0.2, 0) is 6.54 Å². The number of rotatable bonds is 8. The van der Waals surface area contributed by atoms with E-state index in [1.54, 1.807) is 7.05 Å². The van der Waals surface area contributed by atoms with Crippen molar-refractivity contribution in [3.63, 3.8) is 0 Å². The molecule has 0 aliphatic carbocycles. The summed E-state index contributed by atoms with van der Waals surface area (Å²) < 4.78 is 0. The lowest BCUT2D eigenvalue weighted by atomic mass is 10.2. The second-order valence-corrected chi connectivity index (χ2v) is 5.33. The highest BCUT2D eigenvalue weighted by Gasteiger charge is 2.01. The molecule has 0 fully saturated rings. The molecule has 0 saturated heterocycles. The Labute approximate surface area is 152 Å². The Morgan fingerprint density at radius 2 is 2.00 bits per heavy atom. The topological polar surface area (TPSA) is 52.6 Å². The number of aromatic nitrogens is 1. The van der Waals surface area contributed by atoms with Gasteiger partial charge in [-0.15, -0.1) is 24.0 Å². The maximum atomic E-state index is 4.32. The van der Waals surface area contributed by atoms with Gasteiger partial charge in [-0.3, -0.25) is 4.99 Å². The minimum atomic E-state index is 0. The number of aliphatic imine (C=N–C) groups is 1. The van der Waals surface area contributed by atoms with Crippen molar-refractivity contribution >= 4 is 35.8 Å². The van der Waals surface area contributed by atoms with E-state index in [0.29, 0.717) is 0 Å². The second-order valence-electron chi connectivity index (χ2n) is 5.33. The van der Waals surface area contributed by atoms with Crippen LogP contribution >= 0.6 is 24.0 Å². The average Bonchev–Trinajstić information content (AvgIpc) is 2.50. The number of guanidine groups is 1. The third kappa shape index (κ3) is 8.41. The second kappa shape index (κ2) is 12.5. The number of nitrogens with one attached hydrogen (secondary N) is 2. The summed E-state index contributed by atoms with van der Waals surface area (Å²) in [4.78, 5) is 10.6. The van der Waals surface area contributed by atoms with Gasteiger partial charge in [0.25, 0.3) is 0 Å². The quantitative estimate of drug-likeness (QED) is 0.295. The molecule has 1 rings (SSSR count). The van der Waals surface area contributed by atoms with Gasteiger partial charge in [-0.2, -0.15) is 0 Å². The summed E-state index contributed by atoms with van der Waals surface area (Å²) in [5.41, 5.74) is 1.20. The van der Waals surface area contributed by atoms with Gasteiger partial charge in [0.2, 0.25) is 0 Å². The molecule has 0 aliphatic heterocycles. The number of pyridine rings is 1. The monoisotopic (exact) mass is 419 g/mol. The fourth-order valence-corrected chi connectivity index (χ4v) is 1.98. The van der Waals surface area contributed by atoms with Crippen molar-refractivity contribution in [2.75, 3.05) is 32.6 Å². The van der Waals surface area contributed by atoms with Crippen molar-refractivity contribution in [1.29, 1.82) is 0 Å². The van der Waals surface area contributed by atoms with Crippen LogP contribution in [0.15, 0.2) is 23.3 Å². The van der Waals surface area contributed by atoms with E-state index >= 15 is 0 Å². The van der Waals surface area contributed by atoms with Crippen molar-refractivity contribution in [1.82, 2.24) is 15.6 Å². The third-order valence-electron chi connectivity index (χ3n) is 3.27. The molecule has 22 heavy (non-hydrogen) atoms. The Balaban J connectivity index is 0.00000441. The lowest BCUT2D eigenvalue weighted by molar-refractivity contribution is 0.647. The molecule has 0 spiro atoms. The molecule has 0 unspecified atom stereocenters. The first-order valence-corrected chi connectivity index (χ1v) is 7.74. The van der Waals surface area contributed by atoms with E-state index < -0.39 is 0 Å². The number of unbranched alkanes of at least 4 members (excludes halogenated alkanes) is 3. The molecular formula is C16H30IN5. The lowest BCUT2D eigenvalue weighted by Crippen LogP contribution is -2.37. The van der Waals surface area contributed by atoms with E-state index in [2.05, 4.69) is 33.6 Å².